The Morgan fingerprint density at radius 3 is 2.65 bits per heavy atom. The van der Waals surface area contributed by atoms with E-state index in [2.05, 4.69) is 26.4 Å². The molecule has 0 spiro atoms. The van der Waals surface area contributed by atoms with E-state index in [4.69, 9.17) is 4.63 Å². The standard InChI is InChI=1S/C18H24F4N6O2S/c1-4-11(2)15(25-12-6-7-14(19)13(10-12)18(20,21)22)16-17(27-30-26-16)23-8-5-9-24-28(29)31-3/h6-7,10,24-25,29H,4-5,8-9H2,1-3H3,(H,23,27)/b15-11+. The van der Waals surface area contributed by atoms with Crippen molar-refractivity contribution in [3.63, 3.8) is 0 Å². The van der Waals surface area contributed by atoms with Crippen molar-refractivity contribution in [3.05, 3.63) is 40.8 Å². The minimum absolute atomic E-state index is 0.0507. The van der Waals surface area contributed by atoms with Crippen molar-refractivity contribution in [2.75, 3.05) is 30.0 Å². The number of hydrogen-bond donors (Lipinski definition) is 4. The fourth-order valence-corrected chi connectivity index (χ4v) is 2.73. The van der Waals surface area contributed by atoms with Crippen molar-refractivity contribution < 1.29 is 27.4 Å². The lowest BCUT2D eigenvalue weighted by molar-refractivity contribution is -0.139. The molecule has 0 amide bonds. The smallest absolute Gasteiger partial charge is 0.365 e. The van der Waals surface area contributed by atoms with E-state index in [9.17, 15) is 22.8 Å². The number of hydrazine groups is 1. The molecule has 2 aromatic rings. The summed E-state index contributed by atoms with van der Waals surface area (Å²) in [6.45, 7) is 4.61. The molecule has 2 rings (SSSR count). The summed E-state index contributed by atoms with van der Waals surface area (Å²) >= 11 is 1.11. The summed E-state index contributed by atoms with van der Waals surface area (Å²) in [7, 11) is 0. The lowest BCUT2D eigenvalue weighted by Crippen LogP contribution is -2.30. The third-order valence-corrected chi connectivity index (χ3v) is 4.76. The third kappa shape index (κ3) is 7.09. The van der Waals surface area contributed by atoms with Crippen molar-refractivity contribution in [1.82, 2.24) is 20.3 Å². The van der Waals surface area contributed by atoms with Crippen LogP contribution < -0.4 is 16.1 Å². The number of nitrogens with one attached hydrogen (secondary N) is 3. The molecule has 0 aliphatic rings. The van der Waals surface area contributed by atoms with Gasteiger partial charge in [0.15, 0.2) is 5.69 Å². The SMILES string of the molecule is CC/C(C)=C(/Nc1ccc(F)c(C(F)(F)F)c1)c1nonc1NCCCNN(O)SC. The molecular formula is C18H24F4N6O2S. The Labute approximate surface area is 181 Å². The summed E-state index contributed by atoms with van der Waals surface area (Å²) in [4.78, 5) is 0. The van der Waals surface area contributed by atoms with Crippen LogP contribution >= 0.6 is 11.9 Å². The number of allylic oxidation sites excluding steroid dienone is 1. The van der Waals surface area contributed by atoms with E-state index in [0.717, 1.165) is 28.2 Å². The van der Waals surface area contributed by atoms with Gasteiger partial charge in [-0.25, -0.2) is 14.4 Å². The molecule has 13 heteroatoms. The van der Waals surface area contributed by atoms with Crippen LogP contribution in [0.2, 0.25) is 0 Å². The molecule has 0 bridgehead atoms. The zero-order valence-corrected chi connectivity index (χ0v) is 18.0. The van der Waals surface area contributed by atoms with Crippen molar-refractivity contribution in [1.29, 1.82) is 0 Å². The van der Waals surface area contributed by atoms with Gasteiger partial charge in [0.1, 0.15) is 5.82 Å². The van der Waals surface area contributed by atoms with Gasteiger partial charge in [0.25, 0.3) is 0 Å². The van der Waals surface area contributed by atoms with Gasteiger partial charge >= 0.3 is 6.18 Å². The van der Waals surface area contributed by atoms with Gasteiger partial charge in [0.2, 0.25) is 5.82 Å². The summed E-state index contributed by atoms with van der Waals surface area (Å²) in [6, 6.07) is 2.68. The summed E-state index contributed by atoms with van der Waals surface area (Å²) in [6.07, 6.45) is -1.92. The quantitative estimate of drug-likeness (QED) is 0.162. The monoisotopic (exact) mass is 464 g/mol. The predicted octanol–water partition coefficient (Wildman–Crippen LogP) is 4.76. The van der Waals surface area contributed by atoms with E-state index in [0.29, 0.717) is 43.5 Å². The zero-order chi connectivity index (χ0) is 23.0. The normalized spacial score (nSPS) is 12.8. The summed E-state index contributed by atoms with van der Waals surface area (Å²) < 4.78 is 58.5. The highest BCUT2D eigenvalue weighted by Crippen LogP contribution is 2.34. The van der Waals surface area contributed by atoms with E-state index >= 15 is 0 Å². The molecule has 4 N–H and O–H groups in total. The van der Waals surface area contributed by atoms with Crippen LogP contribution in [0.15, 0.2) is 28.4 Å². The van der Waals surface area contributed by atoms with E-state index in [1.165, 1.54) is 6.07 Å². The molecule has 0 aliphatic heterocycles. The van der Waals surface area contributed by atoms with Crippen LogP contribution in [0.5, 0.6) is 0 Å². The fourth-order valence-electron chi connectivity index (χ4n) is 2.51. The number of halogens is 4. The average Bonchev–Trinajstić information content (AvgIpc) is 3.19. The van der Waals surface area contributed by atoms with Gasteiger partial charge in [0, 0.05) is 25.0 Å². The van der Waals surface area contributed by atoms with Crippen molar-refractivity contribution >= 4 is 29.2 Å². The molecule has 0 atom stereocenters. The van der Waals surface area contributed by atoms with E-state index < -0.39 is 17.6 Å². The van der Waals surface area contributed by atoms with Gasteiger partial charge in [-0.05, 0) is 65.8 Å². The number of hydrogen-bond acceptors (Lipinski definition) is 9. The lowest BCUT2D eigenvalue weighted by Gasteiger charge is -2.16. The minimum Gasteiger partial charge on any atom is -0.365 e. The van der Waals surface area contributed by atoms with Crippen LogP contribution in [0, 0.1) is 5.82 Å². The Hall–Kier alpha value is -2.35. The molecule has 1 aromatic carbocycles. The molecule has 0 fully saturated rings. The molecule has 0 saturated heterocycles. The number of alkyl halides is 3. The van der Waals surface area contributed by atoms with E-state index in [1.807, 2.05) is 6.92 Å². The van der Waals surface area contributed by atoms with Gasteiger partial charge in [-0.15, -0.1) is 0 Å². The predicted molar refractivity (Wildman–Crippen MR) is 110 cm³/mol. The van der Waals surface area contributed by atoms with Gasteiger partial charge in [-0.2, -0.15) is 13.2 Å². The molecule has 0 aliphatic carbocycles. The van der Waals surface area contributed by atoms with Gasteiger partial charge in [-0.1, -0.05) is 11.5 Å². The van der Waals surface area contributed by atoms with Crippen molar-refractivity contribution in [2.24, 2.45) is 0 Å². The summed E-state index contributed by atoms with van der Waals surface area (Å²) in [5, 5.41) is 22.9. The third-order valence-electron chi connectivity index (χ3n) is 4.29. The van der Waals surface area contributed by atoms with Crippen LogP contribution in [0.4, 0.5) is 29.1 Å². The van der Waals surface area contributed by atoms with Crippen molar-refractivity contribution in [3.8, 4) is 0 Å². The first-order chi connectivity index (χ1) is 14.7. The highest BCUT2D eigenvalue weighted by atomic mass is 32.2. The molecule has 0 saturated carbocycles. The first kappa shape index (κ1) is 24.9. The molecule has 1 aromatic heterocycles. The number of anilines is 2. The number of aromatic nitrogens is 2. The highest BCUT2D eigenvalue weighted by Gasteiger charge is 2.34. The minimum atomic E-state index is -4.82. The summed E-state index contributed by atoms with van der Waals surface area (Å²) in [5.74, 6) is -1.04. The topological polar surface area (TPSA) is 98.5 Å². The van der Waals surface area contributed by atoms with E-state index in [1.54, 1.807) is 13.2 Å². The maximum atomic E-state index is 13.6. The second kappa shape index (κ2) is 11.3. The Bertz CT molecular complexity index is 890. The Morgan fingerprint density at radius 2 is 2.00 bits per heavy atom. The summed E-state index contributed by atoms with van der Waals surface area (Å²) in [5.41, 5.74) is 2.91. The van der Waals surface area contributed by atoms with Gasteiger partial charge in [0.05, 0.1) is 11.3 Å². The highest BCUT2D eigenvalue weighted by molar-refractivity contribution is 7.96. The van der Waals surface area contributed by atoms with Crippen LogP contribution in [0.3, 0.4) is 0 Å². The number of rotatable bonds is 11. The van der Waals surface area contributed by atoms with Crippen LogP contribution in [0.25, 0.3) is 5.70 Å². The maximum absolute atomic E-state index is 13.6. The van der Waals surface area contributed by atoms with Crippen LogP contribution in [-0.4, -0.2) is 39.4 Å². The molecule has 0 unspecified atom stereocenters. The fraction of sp³-hybridized carbons (Fsp3) is 0.444. The average molecular weight is 464 g/mol. The van der Waals surface area contributed by atoms with Gasteiger partial charge < -0.3 is 10.6 Å². The first-order valence-corrected chi connectivity index (χ1v) is 10.5. The van der Waals surface area contributed by atoms with Crippen LogP contribution in [-0.2, 0) is 6.18 Å². The number of nitrogens with zero attached hydrogens (tertiary/aromatic N) is 3. The van der Waals surface area contributed by atoms with Gasteiger partial charge in [-0.3, -0.25) is 5.21 Å². The van der Waals surface area contributed by atoms with Crippen molar-refractivity contribution in [2.45, 2.75) is 32.9 Å². The van der Waals surface area contributed by atoms with E-state index in [-0.39, 0.29) is 11.4 Å². The largest absolute Gasteiger partial charge is 0.419 e. The first-order valence-electron chi connectivity index (χ1n) is 9.34. The second-order valence-corrected chi connectivity index (χ2v) is 7.14. The molecular weight excluding hydrogens is 440 g/mol. The maximum Gasteiger partial charge on any atom is 0.419 e. The Kier molecular flexibility index (Phi) is 9.10. The Morgan fingerprint density at radius 1 is 1.26 bits per heavy atom. The zero-order valence-electron chi connectivity index (χ0n) is 17.2. The van der Waals surface area contributed by atoms with Crippen LogP contribution in [0.1, 0.15) is 37.9 Å². The number of benzene rings is 1. The molecule has 0 radical (unpaired) electrons. The molecule has 31 heavy (non-hydrogen) atoms. The molecule has 1 heterocycles. The Balaban J connectivity index is 2.18. The lowest BCUT2D eigenvalue weighted by atomic mass is 10.1. The second-order valence-electron chi connectivity index (χ2n) is 6.43. The molecule has 172 valence electrons. The molecule has 8 nitrogen and oxygen atoms in total.